The van der Waals surface area contributed by atoms with Crippen LogP contribution < -0.4 is 0 Å². The molecule has 0 bridgehead atoms. The van der Waals surface area contributed by atoms with Gasteiger partial charge < -0.3 is 9.47 Å². The van der Waals surface area contributed by atoms with E-state index in [2.05, 4.69) is 44.2 Å². The molecule has 0 amide bonds. The first-order chi connectivity index (χ1) is 9.57. The van der Waals surface area contributed by atoms with Crippen molar-refractivity contribution in [3.05, 3.63) is 35.9 Å². The predicted molar refractivity (Wildman–Crippen MR) is 80.5 cm³/mol. The maximum Gasteiger partial charge on any atom is 0.168 e. The van der Waals surface area contributed by atoms with E-state index in [1.165, 1.54) is 24.8 Å². The fourth-order valence-electron chi connectivity index (χ4n) is 3.29. The monoisotopic (exact) mass is 274 g/mol. The Kier molecular flexibility index (Phi) is 3.87. The average molecular weight is 274 g/mol. The van der Waals surface area contributed by atoms with Gasteiger partial charge in [0.15, 0.2) is 5.79 Å². The molecule has 0 unspecified atom stereocenters. The lowest BCUT2D eigenvalue weighted by molar-refractivity contribution is -0.312. The highest BCUT2D eigenvalue weighted by atomic mass is 16.7. The molecule has 1 aliphatic carbocycles. The smallest absolute Gasteiger partial charge is 0.168 e. The summed E-state index contributed by atoms with van der Waals surface area (Å²) in [5.41, 5.74) is 1.63. The summed E-state index contributed by atoms with van der Waals surface area (Å²) < 4.78 is 12.2. The lowest BCUT2D eigenvalue weighted by Gasteiger charge is -2.46. The summed E-state index contributed by atoms with van der Waals surface area (Å²) in [4.78, 5) is 0. The maximum absolute atomic E-state index is 6.10. The third-order valence-electron chi connectivity index (χ3n) is 4.69. The standard InChI is InChI=1S/C18H26O2/c1-17(2)13-19-18(20-14-17)10-8-16(9-11-18)12-15-6-4-3-5-7-15/h3-7,16H,8-14H2,1-2H3. The summed E-state index contributed by atoms with van der Waals surface area (Å²) in [5, 5.41) is 0. The second-order valence-electron chi connectivity index (χ2n) is 7.29. The minimum atomic E-state index is -0.261. The zero-order chi connectivity index (χ0) is 14.1. The number of rotatable bonds is 2. The zero-order valence-electron chi connectivity index (χ0n) is 12.7. The summed E-state index contributed by atoms with van der Waals surface area (Å²) in [7, 11) is 0. The van der Waals surface area contributed by atoms with Crippen LogP contribution in [0, 0.1) is 11.3 Å². The normalized spacial score (nSPS) is 25.7. The minimum Gasteiger partial charge on any atom is -0.349 e. The molecule has 0 aromatic heterocycles. The van der Waals surface area contributed by atoms with E-state index in [0.29, 0.717) is 0 Å². The van der Waals surface area contributed by atoms with Crippen LogP contribution in [0.3, 0.4) is 0 Å². The van der Waals surface area contributed by atoms with Crippen molar-refractivity contribution in [2.75, 3.05) is 13.2 Å². The molecule has 110 valence electrons. The van der Waals surface area contributed by atoms with E-state index in [9.17, 15) is 0 Å². The van der Waals surface area contributed by atoms with Gasteiger partial charge in [0.1, 0.15) is 0 Å². The summed E-state index contributed by atoms with van der Waals surface area (Å²) in [6.07, 6.45) is 5.74. The first-order valence-corrected chi connectivity index (χ1v) is 7.89. The highest BCUT2D eigenvalue weighted by molar-refractivity contribution is 5.15. The molecule has 1 aromatic carbocycles. The summed E-state index contributed by atoms with van der Waals surface area (Å²) in [6.45, 7) is 6.08. The van der Waals surface area contributed by atoms with Crippen LogP contribution in [0.4, 0.5) is 0 Å². The number of ether oxygens (including phenoxy) is 2. The summed E-state index contributed by atoms with van der Waals surface area (Å²) >= 11 is 0. The molecule has 20 heavy (non-hydrogen) atoms. The minimum absolute atomic E-state index is 0.173. The molecule has 2 heteroatoms. The lowest BCUT2D eigenvalue weighted by atomic mass is 9.80. The van der Waals surface area contributed by atoms with E-state index in [1.54, 1.807) is 0 Å². The van der Waals surface area contributed by atoms with Crippen LogP contribution in [-0.2, 0) is 15.9 Å². The fourth-order valence-corrected chi connectivity index (χ4v) is 3.29. The molecule has 1 spiro atoms. The topological polar surface area (TPSA) is 18.5 Å². The fraction of sp³-hybridized carbons (Fsp3) is 0.667. The van der Waals surface area contributed by atoms with Gasteiger partial charge in [-0.3, -0.25) is 0 Å². The maximum atomic E-state index is 6.10. The molecular formula is C18H26O2. The van der Waals surface area contributed by atoms with Crippen LogP contribution in [-0.4, -0.2) is 19.0 Å². The van der Waals surface area contributed by atoms with E-state index < -0.39 is 0 Å². The largest absolute Gasteiger partial charge is 0.349 e. The van der Waals surface area contributed by atoms with Gasteiger partial charge in [-0.1, -0.05) is 44.2 Å². The Morgan fingerprint density at radius 3 is 2.20 bits per heavy atom. The van der Waals surface area contributed by atoms with Crippen molar-refractivity contribution >= 4 is 0 Å². The lowest BCUT2D eigenvalue weighted by Crippen LogP contribution is -2.49. The molecule has 1 saturated heterocycles. The molecule has 1 heterocycles. The van der Waals surface area contributed by atoms with Gasteiger partial charge in [-0.05, 0) is 30.7 Å². The van der Waals surface area contributed by atoms with Gasteiger partial charge >= 0.3 is 0 Å². The van der Waals surface area contributed by atoms with Gasteiger partial charge in [0.2, 0.25) is 0 Å². The number of hydrogen-bond donors (Lipinski definition) is 0. The van der Waals surface area contributed by atoms with Crippen LogP contribution >= 0.6 is 0 Å². The van der Waals surface area contributed by atoms with E-state index in [-0.39, 0.29) is 11.2 Å². The van der Waals surface area contributed by atoms with E-state index >= 15 is 0 Å². The van der Waals surface area contributed by atoms with Crippen molar-refractivity contribution in [1.29, 1.82) is 0 Å². The van der Waals surface area contributed by atoms with Crippen LogP contribution in [0.2, 0.25) is 0 Å². The van der Waals surface area contributed by atoms with Crippen molar-refractivity contribution < 1.29 is 9.47 Å². The Morgan fingerprint density at radius 2 is 1.60 bits per heavy atom. The third-order valence-corrected chi connectivity index (χ3v) is 4.69. The van der Waals surface area contributed by atoms with E-state index in [4.69, 9.17) is 9.47 Å². The third kappa shape index (κ3) is 3.24. The molecule has 2 aliphatic rings. The number of benzene rings is 1. The van der Waals surface area contributed by atoms with Gasteiger partial charge in [0, 0.05) is 18.3 Å². The van der Waals surface area contributed by atoms with Crippen molar-refractivity contribution in [2.45, 2.75) is 51.7 Å². The predicted octanol–water partition coefficient (Wildman–Crippen LogP) is 4.19. The molecule has 0 N–H and O–H groups in total. The molecule has 1 aromatic rings. The van der Waals surface area contributed by atoms with Crippen molar-refractivity contribution in [3.63, 3.8) is 0 Å². The Bertz CT molecular complexity index is 418. The van der Waals surface area contributed by atoms with Crippen LogP contribution in [0.5, 0.6) is 0 Å². The molecule has 2 nitrogen and oxygen atoms in total. The second kappa shape index (κ2) is 5.50. The quantitative estimate of drug-likeness (QED) is 0.805. The Hall–Kier alpha value is -0.860. The molecule has 3 rings (SSSR count). The first-order valence-electron chi connectivity index (χ1n) is 7.89. The Balaban J connectivity index is 1.52. The molecular weight excluding hydrogens is 248 g/mol. The second-order valence-corrected chi connectivity index (χ2v) is 7.29. The van der Waals surface area contributed by atoms with Crippen LogP contribution in [0.1, 0.15) is 45.1 Å². The summed E-state index contributed by atoms with van der Waals surface area (Å²) in [6, 6.07) is 10.8. The van der Waals surface area contributed by atoms with Gasteiger partial charge in [-0.25, -0.2) is 0 Å². The SMILES string of the molecule is CC1(C)COC2(CCC(Cc3ccccc3)CC2)OC1. The molecule has 0 radical (unpaired) electrons. The first kappa shape index (κ1) is 14.1. The van der Waals surface area contributed by atoms with Crippen LogP contribution in [0.15, 0.2) is 30.3 Å². The zero-order valence-corrected chi connectivity index (χ0v) is 12.7. The van der Waals surface area contributed by atoms with Crippen molar-refractivity contribution in [2.24, 2.45) is 11.3 Å². The Labute approximate surface area is 122 Å². The van der Waals surface area contributed by atoms with Crippen LogP contribution in [0.25, 0.3) is 0 Å². The van der Waals surface area contributed by atoms with Crippen molar-refractivity contribution in [1.82, 2.24) is 0 Å². The molecule has 2 fully saturated rings. The highest BCUT2D eigenvalue weighted by Gasteiger charge is 2.42. The van der Waals surface area contributed by atoms with E-state index in [0.717, 1.165) is 32.0 Å². The van der Waals surface area contributed by atoms with Crippen molar-refractivity contribution in [3.8, 4) is 0 Å². The molecule has 1 saturated carbocycles. The van der Waals surface area contributed by atoms with Gasteiger partial charge in [0.05, 0.1) is 13.2 Å². The Morgan fingerprint density at radius 1 is 1.00 bits per heavy atom. The van der Waals surface area contributed by atoms with E-state index in [1.807, 2.05) is 0 Å². The van der Waals surface area contributed by atoms with Gasteiger partial charge in [-0.2, -0.15) is 0 Å². The number of hydrogen-bond acceptors (Lipinski definition) is 2. The summed E-state index contributed by atoms with van der Waals surface area (Å²) in [5.74, 6) is 0.521. The van der Waals surface area contributed by atoms with Gasteiger partial charge in [0.25, 0.3) is 0 Å². The average Bonchev–Trinajstić information content (AvgIpc) is 2.46. The highest BCUT2D eigenvalue weighted by Crippen LogP contribution is 2.41. The molecule has 0 atom stereocenters. The van der Waals surface area contributed by atoms with Gasteiger partial charge in [-0.15, -0.1) is 0 Å². The molecule has 1 aliphatic heterocycles.